The number of methoxy groups -OCH3 is 2. The molecule has 1 atom stereocenters. The lowest BCUT2D eigenvalue weighted by molar-refractivity contribution is -0.127. The number of nitrogens with zero attached hydrogens (tertiary/aromatic N) is 3. The van der Waals surface area contributed by atoms with Gasteiger partial charge >= 0.3 is 0 Å². The minimum absolute atomic E-state index is 0.0590. The van der Waals surface area contributed by atoms with E-state index in [1.54, 1.807) is 64.5 Å². The minimum atomic E-state index is -0.413. The Morgan fingerprint density at radius 3 is 2.45 bits per heavy atom. The first-order chi connectivity index (χ1) is 13.9. The Bertz CT molecular complexity index is 1110. The predicted octanol–water partition coefficient (Wildman–Crippen LogP) is 2.97. The highest BCUT2D eigenvalue weighted by atomic mass is 32.2. The molecule has 0 saturated heterocycles. The Hall–Kier alpha value is -3.00. The fourth-order valence-corrected chi connectivity index (χ4v) is 4.03. The van der Waals surface area contributed by atoms with Gasteiger partial charge in [-0.15, -0.1) is 0 Å². The van der Waals surface area contributed by atoms with Crippen molar-refractivity contribution in [1.29, 1.82) is 0 Å². The van der Waals surface area contributed by atoms with Gasteiger partial charge in [-0.25, -0.2) is 4.98 Å². The molecular weight excluding hydrogens is 390 g/mol. The molecule has 0 aliphatic carbocycles. The van der Waals surface area contributed by atoms with E-state index in [0.29, 0.717) is 33.2 Å². The Kier molecular flexibility index (Phi) is 6.12. The number of para-hydroxylation sites is 1. The summed E-state index contributed by atoms with van der Waals surface area (Å²) in [7, 11) is 6.50. The number of hydrogen-bond acceptors (Lipinski definition) is 6. The van der Waals surface area contributed by atoms with Crippen LogP contribution in [-0.4, -0.2) is 53.9 Å². The number of benzene rings is 2. The third-order valence-electron chi connectivity index (χ3n) is 4.44. The van der Waals surface area contributed by atoms with E-state index in [9.17, 15) is 9.59 Å². The summed E-state index contributed by atoms with van der Waals surface area (Å²) in [4.78, 5) is 31.9. The number of ether oxygens (including phenoxy) is 2. The first kappa shape index (κ1) is 20.7. The van der Waals surface area contributed by atoms with Crippen molar-refractivity contribution in [2.24, 2.45) is 0 Å². The number of aromatic nitrogens is 2. The van der Waals surface area contributed by atoms with Crippen molar-refractivity contribution in [1.82, 2.24) is 14.5 Å². The largest absolute Gasteiger partial charge is 0.493 e. The standard InChI is InChI=1S/C21H23N3O4S/c1-13(19(25)23(2)3)29-21-22-16-9-7-6-8-15(16)20(26)24(21)14-10-11-17(27-4)18(12-14)28-5/h6-13H,1-5H3/t13-/m1/s1. The number of hydrogen-bond donors (Lipinski definition) is 0. The highest BCUT2D eigenvalue weighted by molar-refractivity contribution is 8.00. The van der Waals surface area contributed by atoms with Crippen LogP contribution in [0.3, 0.4) is 0 Å². The Morgan fingerprint density at radius 2 is 1.79 bits per heavy atom. The number of carbonyl (C=O) groups excluding carboxylic acids is 1. The molecule has 0 N–H and O–H groups in total. The van der Waals surface area contributed by atoms with E-state index >= 15 is 0 Å². The monoisotopic (exact) mass is 413 g/mol. The van der Waals surface area contributed by atoms with Crippen molar-refractivity contribution >= 4 is 28.6 Å². The van der Waals surface area contributed by atoms with Gasteiger partial charge < -0.3 is 14.4 Å². The van der Waals surface area contributed by atoms with Gasteiger partial charge in [0.15, 0.2) is 16.7 Å². The summed E-state index contributed by atoms with van der Waals surface area (Å²) >= 11 is 1.24. The molecule has 3 aromatic rings. The van der Waals surface area contributed by atoms with Crippen molar-refractivity contribution in [3.05, 3.63) is 52.8 Å². The number of amides is 1. The van der Waals surface area contributed by atoms with E-state index in [4.69, 9.17) is 9.47 Å². The van der Waals surface area contributed by atoms with Crippen molar-refractivity contribution < 1.29 is 14.3 Å². The smallest absolute Gasteiger partial charge is 0.266 e. The SMILES string of the molecule is COc1ccc(-n2c(S[C@H](C)C(=O)N(C)C)nc3ccccc3c2=O)cc1OC. The van der Waals surface area contributed by atoms with Crippen LogP contribution in [0, 0.1) is 0 Å². The highest BCUT2D eigenvalue weighted by Crippen LogP contribution is 2.31. The lowest BCUT2D eigenvalue weighted by atomic mass is 10.2. The van der Waals surface area contributed by atoms with E-state index in [2.05, 4.69) is 4.98 Å². The molecule has 1 heterocycles. The summed E-state index contributed by atoms with van der Waals surface area (Å²) in [5, 5.41) is 0.520. The molecule has 1 amide bonds. The quantitative estimate of drug-likeness (QED) is 0.457. The van der Waals surface area contributed by atoms with Crippen LogP contribution in [0.2, 0.25) is 0 Å². The zero-order chi connectivity index (χ0) is 21.1. The molecule has 0 radical (unpaired) electrons. The zero-order valence-electron chi connectivity index (χ0n) is 17.0. The zero-order valence-corrected chi connectivity index (χ0v) is 17.8. The molecule has 7 nitrogen and oxygen atoms in total. The number of thioether (sulfide) groups is 1. The van der Waals surface area contributed by atoms with Crippen LogP contribution in [0.25, 0.3) is 16.6 Å². The van der Waals surface area contributed by atoms with Gasteiger partial charge in [-0.2, -0.15) is 0 Å². The molecule has 29 heavy (non-hydrogen) atoms. The molecule has 0 bridgehead atoms. The van der Waals surface area contributed by atoms with Crippen LogP contribution in [0.5, 0.6) is 11.5 Å². The molecule has 2 aromatic carbocycles. The van der Waals surface area contributed by atoms with Gasteiger partial charge in [0.2, 0.25) is 5.91 Å². The van der Waals surface area contributed by atoms with E-state index < -0.39 is 5.25 Å². The molecule has 3 rings (SSSR count). The van der Waals surface area contributed by atoms with Crippen molar-refractivity contribution in [3.63, 3.8) is 0 Å². The van der Waals surface area contributed by atoms with Gasteiger partial charge in [0.05, 0.1) is 36.1 Å². The van der Waals surface area contributed by atoms with Crippen molar-refractivity contribution in [2.75, 3.05) is 28.3 Å². The molecule has 152 valence electrons. The summed E-state index contributed by atoms with van der Waals surface area (Å²) in [6.45, 7) is 1.80. The van der Waals surface area contributed by atoms with Gasteiger partial charge in [0, 0.05) is 20.2 Å². The second kappa shape index (κ2) is 8.57. The Morgan fingerprint density at radius 1 is 1.10 bits per heavy atom. The normalized spacial score (nSPS) is 11.9. The maximum absolute atomic E-state index is 13.3. The first-order valence-electron chi connectivity index (χ1n) is 8.99. The molecule has 0 aliphatic heterocycles. The van der Waals surface area contributed by atoms with Crippen LogP contribution >= 0.6 is 11.8 Å². The molecule has 0 fully saturated rings. The van der Waals surface area contributed by atoms with Crippen LogP contribution in [0.1, 0.15) is 6.92 Å². The fourth-order valence-electron chi connectivity index (χ4n) is 2.96. The van der Waals surface area contributed by atoms with Crippen molar-refractivity contribution in [2.45, 2.75) is 17.3 Å². The number of fused-ring (bicyclic) bond motifs is 1. The molecule has 0 aliphatic rings. The molecule has 0 saturated carbocycles. The summed E-state index contributed by atoms with van der Waals surface area (Å²) < 4.78 is 12.2. The van der Waals surface area contributed by atoms with Crippen LogP contribution in [0.4, 0.5) is 0 Å². The van der Waals surface area contributed by atoms with Gasteiger partial charge in [-0.05, 0) is 31.2 Å². The summed E-state index contributed by atoms with van der Waals surface area (Å²) in [6, 6.07) is 12.4. The van der Waals surface area contributed by atoms with Gasteiger partial charge in [0.25, 0.3) is 5.56 Å². The van der Waals surface area contributed by atoms with E-state index in [0.717, 1.165) is 0 Å². The molecular formula is C21H23N3O4S. The van der Waals surface area contributed by atoms with E-state index in [1.807, 2.05) is 6.07 Å². The lowest BCUT2D eigenvalue weighted by Crippen LogP contribution is -2.31. The number of carbonyl (C=O) groups is 1. The van der Waals surface area contributed by atoms with E-state index in [-0.39, 0.29) is 11.5 Å². The van der Waals surface area contributed by atoms with Crippen LogP contribution in [-0.2, 0) is 4.79 Å². The van der Waals surface area contributed by atoms with E-state index in [1.165, 1.54) is 28.3 Å². The lowest BCUT2D eigenvalue weighted by Gasteiger charge is -2.19. The summed E-state index contributed by atoms with van der Waals surface area (Å²) in [5.41, 5.74) is 0.953. The van der Waals surface area contributed by atoms with Crippen molar-refractivity contribution in [3.8, 4) is 17.2 Å². The maximum Gasteiger partial charge on any atom is 0.266 e. The average Bonchev–Trinajstić information content (AvgIpc) is 2.72. The van der Waals surface area contributed by atoms with Crippen LogP contribution < -0.4 is 15.0 Å². The second-order valence-electron chi connectivity index (χ2n) is 6.58. The predicted molar refractivity (Wildman–Crippen MR) is 114 cm³/mol. The number of rotatable bonds is 6. The molecule has 1 aromatic heterocycles. The third kappa shape index (κ3) is 4.07. The van der Waals surface area contributed by atoms with Gasteiger partial charge in [-0.1, -0.05) is 23.9 Å². The van der Waals surface area contributed by atoms with Gasteiger partial charge in [0.1, 0.15) is 0 Å². The molecule has 8 heteroatoms. The molecule has 0 spiro atoms. The first-order valence-corrected chi connectivity index (χ1v) is 9.87. The second-order valence-corrected chi connectivity index (χ2v) is 7.89. The Balaban J connectivity index is 2.22. The molecule has 0 unspecified atom stereocenters. The minimum Gasteiger partial charge on any atom is -0.493 e. The average molecular weight is 413 g/mol. The fraction of sp³-hybridized carbons (Fsp3) is 0.286. The third-order valence-corrected chi connectivity index (χ3v) is 5.48. The summed E-state index contributed by atoms with van der Waals surface area (Å²) in [6.07, 6.45) is 0. The highest BCUT2D eigenvalue weighted by Gasteiger charge is 2.22. The van der Waals surface area contributed by atoms with Gasteiger partial charge in [-0.3, -0.25) is 14.2 Å². The topological polar surface area (TPSA) is 73.7 Å². The Labute approximate surface area is 173 Å². The summed E-state index contributed by atoms with van der Waals surface area (Å²) in [5.74, 6) is 0.998. The van der Waals surface area contributed by atoms with Crippen LogP contribution in [0.15, 0.2) is 52.4 Å². The maximum atomic E-state index is 13.3.